The summed E-state index contributed by atoms with van der Waals surface area (Å²) in [4.78, 5) is 0. The van der Waals surface area contributed by atoms with Gasteiger partial charge < -0.3 is 21.4 Å². The molecule has 0 aromatic heterocycles. The summed E-state index contributed by atoms with van der Waals surface area (Å²) >= 11 is 0. The lowest BCUT2D eigenvalue weighted by Gasteiger charge is -2.17. The van der Waals surface area contributed by atoms with E-state index < -0.39 is 0 Å². The van der Waals surface area contributed by atoms with Gasteiger partial charge in [0.25, 0.3) is 0 Å². The van der Waals surface area contributed by atoms with Gasteiger partial charge in [-0.2, -0.15) is 0 Å². The van der Waals surface area contributed by atoms with Gasteiger partial charge in [0, 0.05) is 6.54 Å². The Bertz CT molecular complexity index is 183. The lowest BCUT2D eigenvalue weighted by molar-refractivity contribution is 0.145. The molecule has 5 nitrogen and oxygen atoms in total. The topological polar surface area (TPSA) is 90.9 Å². The first-order valence-corrected chi connectivity index (χ1v) is 4.86. The van der Waals surface area contributed by atoms with Crippen LogP contribution in [0.1, 0.15) is 27.2 Å². The molecular weight excluding hydrogens is 182 g/mol. The highest BCUT2D eigenvalue weighted by Gasteiger charge is 2.11. The highest BCUT2D eigenvalue weighted by Crippen LogP contribution is 2.03. The number of nitrogens with one attached hydrogen (secondary N) is 1. The minimum absolute atomic E-state index is 0.127. The summed E-state index contributed by atoms with van der Waals surface area (Å²) in [6.07, 6.45) is 0.361. The molecule has 0 amide bonds. The maximum atomic E-state index is 9.52. The monoisotopic (exact) mass is 203 g/mol. The third-order valence-corrected chi connectivity index (χ3v) is 1.96. The SMILES string of the molecule is CC(C)CC(O)CNC(C)C(N)=NO. The van der Waals surface area contributed by atoms with Gasteiger partial charge in [0.15, 0.2) is 5.84 Å². The number of nitrogens with two attached hydrogens (primary N) is 1. The third-order valence-electron chi connectivity index (χ3n) is 1.96. The summed E-state index contributed by atoms with van der Waals surface area (Å²) in [5, 5.41) is 23.7. The lowest BCUT2D eigenvalue weighted by Crippen LogP contribution is -2.42. The molecule has 0 saturated heterocycles. The molecule has 0 heterocycles. The Labute approximate surface area is 85.0 Å². The summed E-state index contributed by atoms with van der Waals surface area (Å²) in [7, 11) is 0. The standard InChI is InChI=1S/C9H21N3O2/c1-6(2)4-8(13)5-11-7(3)9(10)12-14/h6-8,11,13-14H,4-5H2,1-3H3,(H2,10,12). The zero-order valence-electron chi connectivity index (χ0n) is 9.07. The van der Waals surface area contributed by atoms with E-state index >= 15 is 0 Å². The minimum atomic E-state index is -0.385. The molecule has 0 fully saturated rings. The quantitative estimate of drug-likeness (QED) is 0.213. The van der Waals surface area contributed by atoms with Crippen molar-refractivity contribution in [2.24, 2.45) is 16.8 Å². The summed E-state index contributed by atoms with van der Waals surface area (Å²) in [6, 6.07) is -0.221. The number of oxime groups is 1. The zero-order valence-corrected chi connectivity index (χ0v) is 9.07. The first kappa shape index (κ1) is 13.2. The van der Waals surface area contributed by atoms with E-state index in [0.29, 0.717) is 12.5 Å². The molecule has 0 bridgehead atoms. The molecule has 0 saturated carbocycles. The molecule has 14 heavy (non-hydrogen) atoms. The summed E-state index contributed by atoms with van der Waals surface area (Å²) in [6.45, 7) is 6.33. The van der Waals surface area contributed by atoms with Crippen molar-refractivity contribution in [1.82, 2.24) is 5.32 Å². The Hall–Kier alpha value is -0.810. The predicted molar refractivity (Wildman–Crippen MR) is 56.3 cm³/mol. The van der Waals surface area contributed by atoms with Crippen molar-refractivity contribution in [3.05, 3.63) is 0 Å². The van der Waals surface area contributed by atoms with E-state index in [1.807, 2.05) is 0 Å². The van der Waals surface area contributed by atoms with Gasteiger partial charge in [-0.25, -0.2) is 0 Å². The Balaban J connectivity index is 3.71. The molecule has 2 atom stereocenters. The molecule has 5 N–H and O–H groups in total. The average molecular weight is 203 g/mol. The van der Waals surface area contributed by atoms with E-state index in [0.717, 1.165) is 6.42 Å². The molecule has 0 spiro atoms. The van der Waals surface area contributed by atoms with E-state index in [4.69, 9.17) is 10.9 Å². The van der Waals surface area contributed by atoms with Crippen LogP contribution >= 0.6 is 0 Å². The predicted octanol–water partition coefficient (Wildman–Crippen LogP) is 0.118. The van der Waals surface area contributed by atoms with Crippen LogP contribution in [0.5, 0.6) is 0 Å². The molecule has 0 aliphatic rings. The van der Waals surface area contributed by atoms with Crippen molar-refractivity contribution in [1.29, 1.82) is 0 Å². The second-order valence-corrected chi connectivity index (χ2v) is 3.94. The summed E-state index contributed by atoms with van der Waals surface area (Å²) in [5.74, 6) is 0.590. The molecule has 0 radical (unpaired) electrons. The molecule has 0 aliphatic carbocycles. The normalized spacial score (nSPS) is 17.1. The van der Waals surface area contributed by atoms with Gasteiger partial charge in [-0.15, -0.1) is 0 Å². The Morgan fingerprint density at radius 2 is 2.00 bits per heavy atom. The highest BCUT2D eigenvalue weighted by molar-refractivity contribution is 5.84. The fraction of sp³-hybridized carbons (Fsp3) is 0.889. The number of hydrogen-bond acceptors (Lipinski definition) is 4. The van der Waals surface area contributed by atoms with E-state index in [-0.39, 0.29) is 18.0 Å². The fourth-order valence-electron chi connectivity index (χ4n) is 1.13. The van der Waals surface area contributed by atoms with Crippen molar-refractivity contribution >= 4 is 5.84 Å². The molecule has 84 valence electrons. The second-order valence-electron chi connectivity index (χ2n) is 3.94. The van der Waals surface area contributed by atoms with Crippen LogP contribution in [0.3, 0.4) is 0 Å². The largest absolute Gasteiger partial charge is 0.409 e. The number of rotatable bonds is 6. The van der Waals surface area contributed by atoms with Crippen LogP contribution in [0.25, 0.3) is 0 Å². The van der Waals surface area contributed by atoms with E-state index in [2.05, 4.69) is 24.3 Å². The third kappa shape index (κ3) is 5.77. The van der Waals surface area contributed by atoms with Crippen molar-refractivity contribution in [2.45, 2.75) is 39.3 Å². The van der Waals surface area contributed by atoms with E-state index in [1.165, 1.54) is 0 Å². The number of hydrogen-bond donors (Lipinski definition) is 4. The zero-order chi connectivity index (χ0) is 11.1. The second kappa shape index (κ2) is 6.62. The van der Waals surface area contributed by atoms with Gasteiger partial charge in [-0.3, -0.25) is 0 Å². The van der Waals surface area contributed by atoms with Crippen LogP contribution in [0.2, 0.25) is 0 Å². The maximum Gasteiger partial charge on any atom is 0.156 e. The number of aliphatic hydroxyl groups excluding tert-OH is 1. The number of aliphatic hydroxyl groups is 1. The maximum absolute atomic E-state index is 9.52. The van der Waals surface area contributed by atoms with Gasteiger partial charge >= 0.3 is 0 Å². The van der Waals surface area contributed by atoms with E-state index in [9.17, 15) is 5.11 Å². The Morgan fingerprint density at radius 3 is 2.43 bits per heavy atom. The molecule has 2 unspecified atom stereocenters. The van der Waals surface area contributed by atoms with Gasteiger partial charge in [-0.1, -0.05) is 19.0 Å². The van der Waals surface area contributed by atoms with Gasteiger partial charge in [0.05, 0.1) is 12.1 Å². The van der Waals surface area contributed by atoms with Crippen LogP contribution in [0, 0.1) is 5.92 Å². The van der Waals surface area contributed by atoms with Gasteiger partial charge in [0.2, 0.25) is 0 Å². The van der Waals surface area contributed by atoms with Crippen LogP contribution < -0.4 is 11.1 Å². The van der Waals surface area contributed by atoms with E-state index in [1.54, 1.807) is 6.92 Å². The van der Waals surface area contributed by atoms with Crippen molar-refractivity contribution in [3.8, 4) is 0 Å². The van der Waals surface area contributed by atoms with Crippen molar-refractivity contribution in [2.75, 3.05) is 6.54 Å². The summed E-state index contributed by atoms with van der Waals surface area (Å²) in [5.41, 5.74) is 5.36. The molecule has 0 aromatic rings. The first-order chi connectivity index (χ1) is 6.47. The van der Waals surface area contributed by atoms with Crippen LogP contribution in [0.4, 0.5) is 0 Å². The van der Waals surface area contributed by atoms with Gasteiger partial charge in [-0.05, 0) is 19.3 Å². The molecule has 0 rings (SSSR count). The minimum Gasteiger partial charge on any atom is -0.409 e. The molecule has 0 aromatic carbocycles. The van der Waals surface area contributed by atoms with Crippen LogP contribution in [0.15, 0.2) is 5.16 Å². The number of amidine groups is 1. The Morgan fingerprint density at radius 1 is 1.43 bits per heavy atom. The lowest BCUT2D eigenvalue weighted by atomic mass is 10.1. The van der Waals surface area contributed by atoms with Crippen LogP contribution in [-0.4, -0.2) is 34.8 Å². The fourth-order valence-corrected chi connectivity index (χ4v) is 1.13. The van der Waals surface area contributed by atoms with Crippen molar-refractivity contribution in [3.63, 3.8) is 0 Å². The highest BCUT2D eigenvalue weighted by atomic mass is 16.4. The number of nitrogens with zero attached hydrogens (tertiary/aromatic N) is 1. The molecule has 0 aliphatic heterocycles. The average Bonchev–Trinajstić information content (AvgIpc) is 2.11. The molecule has 5 heteroatoms. The first-order valence-electron chi connectivity index (χ1n) is 4.86. The van der Waals surface area contributed by atoms with Crippen LogP contribution in [-0.2, 0) is 0 Å². The summed E-state index contributed by atoms with van der Waals surface area (Å²) < 4.78 is 0. The smallest absolute Gasteiger partial charge is 0.156 e. The van der Waals surface area contributed by atoms with Gasteiger partial charge in [0.1, 0.15) is 0 Å². The van der Waals surface area contributed by atoms with Crippen molar-refractivity contribution < 1.29 is 10.3 Å². The molecular formula is C9H21N3O2. The Kier molecular flexibility index (Phi) is 6.23.